The van der Waals surface area contributed by atoms with Crippen molar-refractivity contribution in [3.05, 3.63) is 0 Å². The zero-order valence-electron chi connectivity index (χ0n) is 17.1. The van der Waals surface area contributed by atoms with Crippen LogP contribution in [0.15, 0.2) is 4.99 Å². The maximum Gasteiger partial charge on any atom is 0.193 e. The molecule has 1 unspecified atom stereocenters. The fourth-order valence-corrected chi connectivity index (χ4v) is 4.33. The summed E-state index contributed by atoms with van der Waals surface area (Å²) in [5.74, 6) is 1.96. The van der Waals surface area contributed by atoms with Gasteiger partial charge in [0.2, 0.25) is 0 Å². The van der Waals surface area contributed by atoms with Crippen molar-refractivity contribution in [3.63, 3.8) is 0 Å². The number of nitrogens with one attached hydrogen (secondary N) is 1. The van der Waals surface area contributed by atoms with Crippen LogP contribution < -0.4 is 5.32 Å². The lowest BCUT2D eigenvalue weighted by atomic mass is 9.94. The van der Waals surface area contributed by atoms with E-state index in [2.05, 4.69) is 47.8 Å². The van der Waals surface area contributed by atoms with Crippen LogP contribution in [0.1, 0.15) is 52.9 Å². The molecule has 5 nitrogen and oxygen atoms in total. The van der Waals surface area contributed by atoms with Gasteiger partial charge in [0.25, 0.3) is 0 Å². The third-order valence-electron chi connectivity index (χ3n) is 6.04. The van der Waals surface area contributed by atoms with E-state index >= 15 is 0 Å². The summed E-state index contributed by atoms with van der Waals surface area (Å²) in [5, 5.41) is 3.49. The molecule has 2 fully saturated rings. The predicted molar refractivity (Wildman–Crippen MR) is 108 cm³/mol. The van der Waals surface area contributed by atoms with Crippen LogP contribution in [0.3, 0.4) is 0 Å². The Kier molecular flexibility index (Phi) is 9.04. The van der Waals surface area contributed by atoms with Gasteiger partial charge in [-0.25, -0.2) is 0 Å². The largest absolute Gasteiger partial charge is 0.357 e. The van der Waals surface area contributed by atoms with Crippen LogP contribution in [-0.4, -0.2) is 86.1 Å². The highest BCUT2D eigenvalue weighted by atomic mass is 15.3. The zero-order chi connectivity index (χ0) is 18.1. The van der Waals surface area contributed by atoms with E-state index in [1.165, 1.54) is 64.8 Å². The summed E-state index contributed by atoms with van der Waals surface area (Å²) in [6, 6.07) is 0.692. The number of hydrogen-bond acceptors (Lipinski definition) is 3. The Morgan fingerprint density at radius 1 is 1.08 bits per heavy atom. The van der Waals surface area contributed by atoms with Crippen molar-refractivity contribution in [2.24, 2.45) is 10.9 Å². The van der Waals surface area contributed by atoms with E-state index in [9.17, 15) is 0 Å². The molecular weight excluding hydrogens is 310 g/mol. The molecule has 0 radical (unpaired) electrons. The van der Waals surface area contributed by atoms with Crippen LogP contribution in [0.2, 0.25) is 0 Å². The number of aliphatic imine (C=N–C) groups is 1. The van der Waals surface area contributed by atoms with E-state index in [-0.39, 0.29) is 0 Å². The number of likely N-dealkylation sites (N-methyl/N-ethyl adjacent to an activating group) is 2. The molecule has 2 heterocycles. The fraction of sp³-hybridized carbons (Fsp3) is 0.950. The minimum Gasteiger partial charge on any atom is -0.357 e. The second-order valence-corrected chi connectivity index (χ2v) is 7.71. The van der Waals surface area contributed by atoms with Crippen molar-refractivity contribution in [1.82, 2.24) is 20.0 Å². The third-order valence-corrected chi connectivity index (χ3v) is 6.04. The summed E-state index contributed by atoms with van der Waals surface area (Å²) in [6.07, 6.45) is 6.61. The molecule has 1 N–H and O–H groups in total. The normalized spacial score (nSPS) is 24.0. The third kappa shape index (κ3) is 6.45. The van der Waals surface area contributed by atoms with Crippen LogP contribution in [-0.2, 0) is 0 Å². The Balaban J connectivity index is 1.79. The highest BCUT2D eigenvalue weighted by Gasteiger charge is 2.25. The van der Waals surface area contributed by atoms with Crippen molar-refractivity contribution < 1.29 is 0 Å². The van der Waals surface area contributed by atoms with Crippen molar-refractivity contribution in [1.29, 1.82) is 0 Å². The van der Waals surface area contributed by atoms with E-state index in [1.807, 2.05) is 0 Å². The fourth-order valence-electron chi connectivity index (χ4n) is 4.33. The maximum absolute atomic E-state index is 4.94. The molecule has 0 saturated carbocycles. The van der Waals surface area contributed by atoms with Crippen molar-refractivity contribution >= 4 is 5.96 Å². The van der Waals surface area contributed by atoms with Crippen molar-refractivity contribution in [3.8, 4) is 0 Å². The van der Waals surface area contributed by atoms with Gasteiger partial charge >= 0.3 is 0 Å². The Bertz CT molecular complexity index is 390. The first-order valence-corrected chi connectivity index (χ1v) is 10.6. The van der Waals surface area contributed by atoms with Gasteiger partial charge in [-0.1, -0.05) is 13.8 Å². The number of likely N-dealkylation sites (tertiary alicyclic amines) is 2. The van der Waals surface area contributed by atoms with Gasteiger partial charge in [0.05, 0.1) is 0 Å². The molecular formula is C20H41N5. The molecule has 5 heteroatoms. The molecule has 0 aromatic carbocycles. The highest BCUT2D eigenvalue weighted by Crippen LogP contribution is 2.20. The average Bonchev–Trinajstić information content (AvgIpc) is 3.08. The van der Waals surface area contributed by atoms with E-state index in [1.54, 1.807) is 0 Å². The summed E-state index contributed by atoms with van der Waals surface area (Å²) in [7, 11) is 2.20. The Morgan fingerprint density at radius 2 is 1.84 bits per heavy atom. The summed E-state index contributed by atoms with van der Waals surface area (Å²) in [6.45, 7) is 15.9. The first-order valence-electron chi connectivity index (χ1n) is 10.6. The Hall–Kier alpha value is -0.810. The molecule has 0 spiro atoms. The Labute approximate surface area is 155 Å². The van der Waals surface area contributed by atoms with Gasteiger partial charge in [0, 0.05) is 32.7 Å². The number of hydrogen-bond donors (Lipinski definition) is 1. The molecule has 0 bridgehead atoms. The van der Waals surface area contributed by atoms with E-state index in [0.29, 0.717) is 6.04 Å². The lowest BCUT2D eigenvalue weighted by Gasteiger charge is -2.31. The van der Waals surface area contributed by atoms with Gasteiger partial charge in [-0.3, -0.25) is 9.89 Å². The molecule has 25 heavy (non-hydrogen) atoms. The first kappa shape index (κ1) is 20.5. The summed E-state index contributed by atoms with van der Waals surface area (Å²) < 4.78 is 0. The van der Waals surface area contributed by atoms with Crippen LogP contribution in [0.25, 0.3) is 0 Å². The standard InChI is InChI=1S/C20H41N5/c1-5-21-20(23(4)17-19-9-8-14-25(19)7-3)22-13-10-18-11-15-24(6-2)16-12-18/h18-19H,5-17H2,1-4H3,(H,21,22). The number of nitrogens with zero attached hydrogens (tertiary/aromatic N) is 4. The van der Waals surface area contributed by atoms with Crippen LogP contribution in [0.5, 0.6) is 0 Å². The summed E-state index contributed by atoms with van der Waals surface area (Å²) in [4.78, 5) is 12.5. The highest BCUT2D eigenvalue weighted by molar-refractivity contribution is 5.79. The smallest absolute Gasteiger partial charge is 0.193 e. The minimum atomic E-state index is 0.692. The van der Waals surface area contributed by atoms with E-state index < -0.39 is 0 Å². The maximum atomic E-state index is 4.94. The minimum absolute atomic E-state index is 0.692. The molecule has 0 amide bonds. The molecule has 0 aliphatic carbocycles. The molecule has 1 atom stereocenters. The first-order chi connectivity index (χ1) is 12.2. The second kappa shape index (κ2) is 11.0. The number of piperidine rings is 1. The van der Waals surface area contributed by atoms with Gasteiger partial charge in [-0.2, -0.15) is 0 Å². The lowest BCUT2D eigenvalue weighted by Crippen LogP contribution is -2.46. The number of guanidine groups is 1. The van der Waals surface area contributed by atoms with Gasteiger partial charge < -0.3 is 15.1 Å². The summed E-state index contributed by atoms with van der Waals surface area (Å²) >= 11 is 0. The molecule has 2 rings (SSSR count). The molecule has 2 aliphatic rings. The van der Waals surface area contributed by atoms with Gasteiger partial charge in [0.1, 0.15) is 0 Å². The molecule has 2 aliphatic heterocycles. The van der Waals surface area contributed by atoms with Gasteiger partial charge in [-0.15, -0.1) is 0 Å². The van der Waals surface area contributed by atoms with Gasteiger partial charge in [0.15, 0.2) is 5.96 Å². The lowest BCUT2D eigenvalue weighted by molar-refractivity contribution is 0.188. The number of rotatable bonds is 8. The predicted octanol–water partition coefficient (Wildman–Crippen LogP) is 2.49. The molecule has 2 saturated heterocycles. The quantitative estimate of drug-likeness (QED) is 0.538. The molecule has 0 aromatic rings. The Morgan fingerprint density at radius 3 is 2.48 bits per heavy atom. The van der Waals surface area contributed by atoms with Crippen molar-refractivity contribution in [2.75, 3.05) is 59.4 Å². The molecule has 146 valence electrons. The summed E-state index contributed by atoms with van der Waals surface area (Å²) in [5.41, 5.74) is 0. The van der Waals surface area contributed by atoms with Crippen LogP contribution >= 0.6 is 0 Å². The monoisotopic (exact) mass is 351 g/mol. The topological polar surface area (TPSA) is 34.1 Å². The van der Waals surface area contributed by atoms with Crippen molar-refractivity contribution in [2.45, 2.75) is 58.9 Å². The average molecular weight is 352 g/mol. The molecule has 0 aromatic heterocycles. The zero-order valence-corrected chi connectivity index (χ0v) is 17.1. The van der Waals surface area contributed by atoms with Crippen LogP contribution in [0.4, 0.5) is 0 Å². The van der Waals surface area contributed by atoms with E-state index in [4.69, 9.17) is 4.99 Å². The SMILES string of the molecule is CCNC(=NCCC1CCN(CC)CC1)N(C)CC1CCCN1CC. The van der Waals surface area contributed by atoms with E-state index in [0.717, 1.165) is 31.5 Å². The second-order valence-electron chi connectivity index (χ2n) is 7.71. The van der Waals surface area contributed by atoms with Crippen LogP contribution in [0, 0.1) is 5.92 Å². The van der Waals surface area contributed by atoms with Gasteiger partial charge in [-0.05, 0) is 77.7 Å².